The Bertz CT molecular complexity index is 1140. The Morgan fingerprint density at radius 3 is 2.47 bits per heavy atom. The predicted molar refractivity (Wildman–Crippen MR) is 113 cm³/mol. The fourth-order valence-electron chi connectivity index (χ4n) is 3.72. The average molecular weight is 397 g/mol. The molecule has 0 saturated carbocycles. The highest BCUT2D eigenvalue weighted by Gasteiger charge is 2.19. The van der Waals surface area contributed by atoms with Crippen molar-refractivity contribution in [1.29, 1.82) is 0 Å². The summed E-state index contributed by atoms with van der Waals surface area (Å²) in [7, 11) is 0. The molecule has 5 nitrogen and oxygen atoms in total. The van der Waals surface area contributed by atoms with E-state index in [0.717, 1.165) is 60.0 Å². The van der Waals surface area contributed by atoms with Gasteiger partial charge in [0.05, 0.1) is 11.4 Å². The quantitative estimate of drug-likeness (QED) is 0.514. The van der Waals surface area contributed by atoms with Crippen LogP contribution in [-0.2, 0) is 19.5 Å². The molecule has 6 heteroatoms. The molecule has 0 unspecified atom stereocenters. The number of aromatic nitrogens is 4. The van der Waals surface area contributed by atoms with Crippen molar-refractivity contribution in [2.24, 2.45) is 0 Å². The van der Waals surface area contributed by atoms with E-state index >= 15 is 0 Å². The first kappa shape index (κ1) is 18.5. The van der Waals surface area contributed by atoms with E-state index in [2.05, 4.69) is 25.9 Å². The lowest BCUT2D eigenvalue weighted by Crippen LogP contribution is -2.31. The lowest BCUT2D eigenvalue weighted by molar-refractivity contribution is 0.242. The van der Waals surface area contributed by atoms with Gasteiger partial charge in [-0.2, -0.15) is 0 Å². The Labute approximate surface area is 174 Å². The standard InChI is InChI=1S/C24H20FN5/c25-21-4-2-18(3-5-21)22-6-1-17(13-27-22)15-30-12-9-23-20(16-30)14-28-24(29-23)19-7-10-26-11-8-19/h1-8,10-11,13-14H,9,12,15-16H2. The van der Waals surface area contributed by atoms with Gasteiger partial charge in [-0.15, -0.1) is 0 Å². The van der Waals surface area contributed by atoms with Crippen molar-refractivity contribution in [3.8, 4) is 22.6 Å². The fraction of sp³-hybridized carbons (Fsp3) is 0.167. The summed E-state index contributed by atoms with van der Waals surface area (Å²) in [4.78, 5) is 20.3. The van der Waals surface area contributed by atoms with Crippen LogP contribution in [0, 0.1) is 5.82 Å². The van der Waals surface area contributed by atoms with Gasteiger partial charge in [0.2, 0.25) is 0 Å². The average Bonchev–Trinajstić information content (AvgIpc) is 2.80. The summed E-state index contributed by atoms with van der Waals surface area (Å²) < 4.78 is 13.1. The smallest absolute Gasteiger partial charge is 0.159 e. The number of nitrogens with zero attached hydrogens (tertiary/aromatic N) is 5. The molecule has 1 aliphatic rings. The van der Waals surface area contributed by atoms with Crippen molar-refractivity contribution in [3.05, 3.63) is 96.0 Å². The molecule has 0 radical (unpaired) electrons. The number of benzene rings is 1. The molecule has 1 aliphatic heterocycles. The van der Waals surface area contributed by atoms with Crippen LogP contribution < -0.4 is 0 Å². The minimum atomic E-state index is -0.238. The molecule has 4 heterocycles. The molecule has 0 bridgehead atoms. The van der Waals surface area contributed by atoms with Crippen LogP contribution in [0.4, 0.5) is 4.39 Å². The normalized spacial score (nSPS) is 13.8. The van der Waals surface area contributed by atoms with Crippen LogP contribution in [-0.4, -0.2) is 31.4 Å². The third-order valence-electron chi connectivity index (χ3n) is 5.32. The molecular formula is C24H20FN5. The van der Waals surface area contributed by atoms with E-state index < -0.39 is 0 Å². The second-order valence-electron chi connectivity index (χ2n) is 7.42. The van der Waals surface area contributed by atoms with Crippen LogP contribution in [0.5, 0.6) is 0 Å². The van der Waals surface area contributed by atoms with Crippen molar-refractivity contribution in [1.82, 2.24) is 24.8 Å². The number of pyridine rings is 2. The molecular weight excluding hydrogens is 377 g/mol. The SMILES string of the molecule is Fc1ccc(-c2ccc(CN3CCc4nc(-c5ccncc5)ncc4C3)cn2)cc1. The zero-order valence-electron chi connectivity index (χ0n) is 16.4. The number of hydrogen-bond acceptors (Lipinski definition) is 5. The van der Waals surface area contributed by atoms with E-state index in [1.54, 1.807) is 24.5 Å². The van der Waals surface area contributed by atoms with Gasteiger partial charge in [0, 0.05) is 67.5 Å². The van der Waals surface area contributed by atoms with Crippen molar-refractivity contribution in [2.45, 2.75) is 19.5 Å². The summed E-state index contributed by atoms with van der Waals surface area (Å²) in [5, 5.41) is 0. The highest BCUT2D eigenvalue weighted by Crippen LogP contribution is 2.23. The Hall–Kier alpha value is -3.51. The third kappa shape index (κ3) is 3.95. The number of fused-ring (bicyclic) bond motifs is 1. The molecule has 30 heavy (non-hydrogen) atoms. The van der Waals surface area contributed by atoms with Crippen LogP contribution in [0.2, 0.25) is 0 Å². The lowest BCUT2D eigenvalue weighted by Gasteiger charge is -2.28. The first-order valence-corrected chi connectivity index (χ1v) is 9.93. The predicted octanol–water partition coefficient (Wildman–Crippen LogP) is 4.30. The van der Waals surface area contributed by atoms with Gasteiger partial charge < -0.3 is 0 Å². The van der Waals surface area contributed by atoms with E-state index in [-0.39, 0.29) is 5.82 Å². The second kappa shape index (κ2) is 8.08. The molecule has 0 N–H and O–H groups in total. The van der Waals surface area contributed by atoms with Crippen LogP contribution in [0.15, 0.2) is 73.3 Å². The highest BCUT2D eigenvalue weighted by atomic mass is 19.1. The lowest BCUT2D eigenvalue weighted by atomic mass is 10.1. The zero-order chi connectivity index (χ0) is 20.3. The molecule has 0 amide bonds. The van der Waals surface area contributed by atoms with Gasteiger partial charge in [0.1, 0.15) is 5.82 Å². The summed E-state index contributed by atoms with van der Waals surface area (Å²) in [5.74, 6) is 0.516. The number of rotatable bonds is 4. The van der Waals surface area contributed by atoms with Crippen LogP contribution in [0.25, 0.3) is 22.6 Å². The van der Waals surface area contributed by atoms with E-state index in [1.165, 1.54) is 17.7 Å². The maximum atomic E-state index is 13.1. The van der Waals surface area contributed by atoms with Crippen LogP contribution in [0.3, 0.4) is 0 Å². The highest BCUT2D eigenvalue weighted by molar-refractivity contribution is 5.58. The molecule has 0 fully saturated rings. The molecule has 4 aromatic rings. The monoisotopic (exact) mass is 397 g/mol. The van der Waals surface area contributed by atoms with Crippen molar-refractivity contribution in [3.63, 3.8) is 0 Å². The van der Waals surface area contributed by atoms with Crippen molar-refractivity contribution in [2.75, 3.05) is 6.54 Å². The maximum absolute atomic E-state index is 13.1. The van der Waals surface area contributed by atoms with Crippen molar-refractivity contribution < 1.29 is 4.39 Å². The van der Waals surface area contributed by atoms with Crippen LogP contribution in [0.1, 0.15) is 16.8 Å². The van der Waals surface area contributed by atoms with Crippen molar-refractivity contribution >= 4 is 0 Å². The number of halogens is 1. The minimum Gasteiger partial charge on any atom is -0.294 e. The molecule has 3 aromatic heterocycles. The first-order chi connectivity index (χ1) is 14.7. The largest absolute Gasteiger partial charge is 0.294 e. The van der Waals surface area contributed by atoms with Gasteiger partial charge in [-0.1, -0.05) is 6.07 Å². The molecule has 5 rings (SSSR count). The van der Waals surface area contributed by atoms with E-state index in [0.29, 0.717) is 0 Å². The van der Waals surface area contributed by atoms with Gasteiger partial charge in [-0.05, 0) is 48.0 Å². The van der Waals surface area contributed by atoms with Gasteiger partial charge in [-0.3, -0.25) is 14.9 Å². The minimum absolute atomic E-state index is 0.238. The van der Waals surface area contributed by atoms with Gasteiger partial charge in [0.25, 0.3) is 0 Å². The fourth-order valence-corrected chi connectivity index (χ4v) is 3.72. The second-order valence-corrected chi connectivity index (χ2v) is 7.42. The summed E-state index contributed by atoms with van der Waals surface area (Å²) in [5.41, 5.74) is 6.20. The maximum Gasteiger partial charge on any atom is 0.159 e. The van der Waals surface area contributed by atoms with Crippen LogP contribution >= 0.6 is 0 Å². The topological polar surface area (TPSA) is 54.8 Å². The Morgan fingerprint density at radius 1 is 0.867 bits per heavy atom. The van der Waals surface area contributed by atoms with Gasteiger partial charge >= 0.3 is 0 Å². The zero-order valence-corrected chi connectivity index (χ0v) is 16.4. The van der Waals surface area contributed by atoms with Gasteiger partial charge in [0.15, 0.2) is 5.82 Å². The third-order valence-corrected chi connectivity index (χ3v) is 5.32. The Balaban J connectivity index is 1.27. The number of hydrogen-bond donors (Lipinski definition) is 0. The molecule has 0 aliphatic carbocycles. The molecule has 148 valence electrons. The van der Waals surface area contributed by atoms with E-state index in [9.17, 15) is 4.39 Å². The summed E-state index contributed by atoms with van der Waals surface area (Å²) in [6.45, 7) is 2.59. The Morgan fingerprint density at radius 2 is 1.70 bits per heavy atom. The summed E-state index contributed by atoms with van der Waals surface area (Å²) in [6.07, 6.45) is 8.26. The molecule has 0 atom stereocenters. The Kier molecular flexibility index (Phi) is 4.99. The first-order valence-electron chi connectivity index (χ1n) is 9.93. The summed E-state index contributed by atoms with van der Waals surface area (Å²) in [6, 6.07) is 14.3. The molecule has 0 spiro atoms. The van der Waals surface area contributed by atoms with E-state index in [1.807, 2.05) is 30.6 Å². The van der Waals surface area contributed by atoms with Gasteiger partial charge in [-0.25, -0.2) is 14.4 Å². The molecule has 0 saturated heterocycles. The van der Waals surface area contributed by atoms with E-state index in [4.69, 9.17) is 4.98 Å². The summed E-state index contributed by atoms with van der Waals surface area (Å²) >= 11 is 0. The molecule has 1 aromatic carbocycles.